The van der Waals surface area contributed by atoms with Crippen molar-refractivity contribution in [3.8, 4) is 5.75 Å². The Balaban J connectivity index is 1.63. The summed E-state index contributed by atoms with van der Waals surface area (Å²) in [6.07, 6.45) is 1.43. The molecule has 31 heavy (non-hydrogen) atoms. The van der Waals surface area contributed by atoms with E-state index in [1.807, 2.05) is 0 Å². The Morgan fingerprint density at radius 2 is 2.06 bits per heavy atom. The number of carbonyl (C=O) groups excluding carboxylic acids is 2. The van der Waals surface area contributed by atoms with Gasteiger partial charge in [-0.3, -0.25) is 9.59 Å². The molecule has 0 bridgehead atoms. The van der Waals surface area contributed by atoms with Gasteiger partial charge in [0.25, 0.3) is 11.8 Å². The van der Waals surface area contributed by atoms with Gasteiger partial charge in [-0.1, -0.05) is 18.2 Å². The van der Waals surface area contributed by atoms with Gasteiger partial charge in [0.2, 0.25) is 0 Å². The van der Waals surface area contributed by atoms with Crippen LogP contribution >= 0.6 is 11.8 Å². The van der Waals surface area contributed by atoms with Gasteiger partial charge in [0.15, 0.2) is 10.6 Å². The van der Waals surface area contributed by atoms with Crippen LogP contribution in [0.5, 0.6) is 5.75 Å². The minimum atomic E-state index is -1.25. The van der Waals surface area contributed by atoms with E-state index in [0.717, 1.165) is 0 Å². The predicted molar refractivity (Wildman–Crippen MR) is 114 cm³/mol. The molecule has 8 heteroatoms. The predicted octanol–water partition coefficient (Wildman–Crippen LogP) is 4.02. The third kappa shape index (κ3) is 2.93. The van der Waals surface area contributed by atoms with E-state index in [2.05, 4.69) is 0 Å². The normalized spacial score (nSPS) is 19.9. The molecule has 1 fully saturated rings. The van der Waals surface area contributed by atoms with Crippen LogP contribution in [0.25, 0.3) is 0 Å². The number of rotatable bonds is 4. The van der Waals surface area contributed by atoms with E-state index in [1.54, 1.807) is 65.4 Å². The highest BCUT2D eigenvalue weighted by atomic mass is 32.2. The van der Waals surface area contributed by atoms with Crippen molar-refractivity contribution in [2.75, 3.05) is 24.3 Å². The summed E-state index contributed by atoms with van der Waals surface area (Å²) in [4.78, 5) is 29.0. The van der Waals surface area contributed by atoms with Crippen molar-refractivity contribution in [1.82, 2.24) is 4.90 Å². The fourth-order valence-corrected chi connectivity index (χ4v) is 5.66. The summed E-state index contributed by atoms with van der Waals surface area (Å²) in [6, 6.07) is 14.9. The van der Waals surface area contributed by atoms with Gasteiger partial charge in [0.05, 0.1) is 25.6 Å². The summed E-state index contributed by atoms with van der Waals surface area (Å²) in [5, 5.41) is 0. The topological polar surface area (TPSA) is 63.0 Å². The third-order valence-electron chi connectivity index (χ3n) is 5.66. The molecule has 0 aliphatic carbocycles. The Kier molecular flexibility index (Phi) is 4.74. The van der Waals surface area contributed by atoms with Gasteiger partial charge in [-0.25, -0.2) is 4.39 Å². The second-order valence-electron chi connectivity index (χ2n) is 7.29. The van der Waals surface area contributed by atoms with Crippen molar-refractivity contribution < 1.29 is 23.1 Å². The number of methoxy groups -OCH3 is 1. The molecule has 1 saturated heterocycles. The molecule has 0 radical (unpaired) electrons. The molecule has 1 spiro atoms. The number of benzene rings is 2. The second-order valence-corrected chi connectivity index (χ2v) is 8.58. The number of carbonyl (C=O) groups is 2. The zero-order chi connectivity index (χ0) is 21.6. The molecule has 1 aromatic heterocycles. The molecule has 158 valence electrons. The second kappa shape index (κ2) is 7.46. The molecule has 2 aliphatic rings. The summed E-state index contributed by atoms with van der Waals surface area (Å²) in [5.74, 6) is 0.325. The van der Waals surface area contributed by atoms with Gasteiger partial charge >= 0.3 is 0 Å². The number of anilines is 1. The van der Waals surface area contributed by atoms with Crippen LogP contribution in [0.4, 0.5) is 10.1 Å². The number of ether oxygens (including phenoxy) is 1. The molecule has 2 aromatic carbocycles. The summed E-state index contributed by atoms with van der Waals surface area (Å²) >= 11 is 1.40. The maximum absolute atomic E-state index is 14.4. The lowest BCUT2D eigenvalue weighted by molar-refractivity contribution is -0.123. The lowest BCUT2D eigenvalue weighted by Crippen LogP contribution is -2.50. The van der Waals surface area contributed by atoms with E-state index >= 15 is 0 Å². The van der Waals surface area contributed by atoms with Gasteiger partial charge in [-0.15, -0.1) is 11.8 Å². The Labute approximate surface area is 182 Å². The molecule has 3 aromatic rings. The third-order valence-corrected chi connectivity index (χ3v) is 7.08. The number of halogens is 1. The summed E-state index contributed by atoms with van der Waals surface area (Å²) < 4.78 is 25.1. The van der Waals surface area contributed by atoms with Gasteiger partial charge in [-0.05, 0) is 36.4 Å². The first kappa shape index (κ1) is 19.7. The number of hydrogen-bond acceptors (Lipinski definition) is 5. The molecule has 1 unspecified atom stereocenters. The Morgan fingerprint density at radius 1 is 1.23 bits per heavy atom. The van der Waals surface area contributed by atoms with Crippen LogP contribution in [0.15, 0.2) is 65.3 Å². The van der Waals surface area contributed by atoms with Gasteiger partial charge < -0.3 is 19.0 Å². The standard InChI is InChI=1S/C23H19FN2O4S/c1-29-16-8-9-19-17(13-16)23(22(28)25(19)14-15-5-2-3-6-18(15)24)26(10-12-31-23)21(27)20-7-4-11-30-20/h2-9,11,13H,10,12,14H2,1H3. The molecule has 2 aliphatic heterocycles. The van der Waals surface area contributed by atoms with E-state index in [0.29, 0.717) is 34.9 Å². The highest BCUT2D eigenvalue weighted by Crippen LogP contribution is 2.55. The number of hydrogen-bond donors (Lipinski definition) is 0. The van der Waals surface area contributed by atoms with Crippen LogP contribution in [0.1, 0.15) is 21.7 Å². The lowest BCUT2D eigenvalue weighted by atomic mass is 10.0. The Bertz CT molecular complexity index is 1170. The first-order valence-electron chi connectivity index (χ1n) is 9.79. The minimum absolute atomic E-state index is 0.0654. The molecule has 0 N–H and O–H groups in total. The molecule has 3 heterocycles. The number of thioether (sulfide) groups is 1. The average molecular weight is 438 g/mol. The van der Waals surface area contributed by atoms with E-state index in [1.165, 1.54) is 24.1 Å². The molecule has 6 nitrogen and oxygen atoms in total. The van der Waals surface area contributed by atoms with Crippen molar-refractivity contribution >= 4 is 29.3 Å². The SMILES string of the molecule is COc1ccc2c(c1)C1(SCCN1C(=O)c1ccco1)C(=O)N2Cc1ccccc1F. The van der Waals surface area contributed by atoms with Crippen LogP contribution in [0.3, 0.4) is 0 Å². The first-order valence-corrected chi connectivity index (χ1v) is 10.8. The van der Waals surface area contributed by atoms with Gasteiger partial charge in [-0.2, -0.15) is 0 Å². The maximum Gasteiger partial charge on any atom is 0.291 e. The van der Waals surface area contributed by atoms with Crippen molar-refractivity contribution in [1.29, 1.82) is 0 Å². The van der Waals surface area contributed by atoms with Crippen LogP contribution < -0.4 is 9.64 Å². The van der Waals surface area contributed by atoms with E-state index in [9.17, 15) is 14.0 Å². The van der Waals surface area contributed by atoms with Crippen molar-refractivity contribution in [2.45, 2.75) is 11.4 Å². The smallest absolute Gasteiger partial charge is 0.291 e. The lowest BCUT2D eigenvalue weighted by Gasteiger charge is -2.32. The number of furan rings is 1. The molecule has 2 amide bonds. The Hall–Kier alpha value is -3.26. The average Bonchev–Trinajstić information content (AvgIpc) is 3.52. The fourth-order valence-electron chi connectivity index (χ4n) is 4.21. The highest BCUT2D eigenvalue weighted by molar-refractivity contribution is 8.01. The van der Waals surface area contributed by atoms with Gasteiger partial charge in [0.1, 0.15) is 11.6 Å². The van der Waals surface area contributed by atoms with E-state index in [4.69, 9.17) is 9.15 Å². The molecular weight excluding hydrogens is 419 g/mol. The fraction of sp³-hybridized carbons (Fsp3) is 0.217. The van der Waals surface area contributed by atoms with E-state index in [-0.39, 0.29) is 29.9 Å². The quantitative estimate of drug-likeness (QED) is 0.616. The highest BCUT2D eigenvalue weighted by Gasteiger charge is 2.60. The molecular formula is C23H19FN2O4S. The summed E-state index contributed by atoms with van der Waals surface area (Å²) in [5.41, 5.74) is 1.71. The van der Waals surface area contributed by atoms with Crippen molar-refractivity contribution in [3.63, 3.8) is 0 Å². The van der Waals surface area contributed by atoms with Crippen molar-refractivity contribution in [3.05, 3.63) is 83.6 Å². The maximum atomic E-state index is 14.4. The van der Waals surface area contributed by atoms with Crippen LogP contribution in [-0.2, 0) is 16.2 Å². The molecule has 5 rings (SSSR count). The van der Waals surface area contributed by atoms with Crippen molar-refractivity contribution in [2.24, 2.45) is 0 Å². The van der Waals surface area contributed by atoms with Crippen LogP contribution in [0, 0.1) is 5.82 Å². The minimum Gasteiger partial charge on any atom is -0.497 e. The molecule has 0 saturated carbocycles. The number of fused-ring (bicyclic) bond motifs is 2. The molecule has 1 atom stereocenters. The van der Waals surface area contributed by atoms with Gasteiger partial charge in [0, 0.05) is 23.4 Å². The number of amides is 2. The largest absolute Gasteiger partial charge is 0.497 e. The zero-order valence-electron chi connectivity index (χ0n) is 16.7. The Morgan fingerprint density at radius 3 is 2.81 bits per heavy atom. The van der Waals surface area contributed by atoms with E-state index < -0.39 is 4.87 Å². The first-order chi connectivity index (χ1) is 15.1. The summed E-state index contributed by atoms with van der Waals surface area (Å²) in [7, 11) is 1.55. The zero-order valence-corrected chi connectivity index (χ0v) is 17.5. The monoisotopic (exact) mass is 438 g/mol. The number of nitrogens with zero attached hydrogens (tertiary/aromatic N) is 2. The summed E-state index contributed by atoms with van der Waals surface area (Å²) in [6.45, 7) is 0.454. The van der Waals surface area contributed by atoms with Crippen LogP contribution in [-0.4, -0.2) is 36.1 Å². The van der Waals surface area contributed by atoms with Crippen LogP contribution in [0.2, 0.25) is 0 Å².